The average molecular weight is 435 g/mol. The van der Waals surface area contributed by atoms with E-state index in [1.54, 1.807) is 25.5 Å². The van der Waals surface area contributed by atoms with Gasteiger partial charge >= 0.3 is 0 Å². The van der Waals surface area contributed by atoms with E-state index >= 15 is 0 Å². The van der Waals surface area contributed by atoms with Gasteiger partial charge in [-0.15, -0.1) is 24.0 Å². The number of guanidine groups is 1. The van der Waals surface area contributed by atoms with Crippen LogP contribution in [0, 0.1) is 0 Å². The first kappa shape index (κ1) is 18.7. The summed E-state index contributed by atoms with van der Waals surface area (Å²) in [6.45, 7) is 2.37. The highest BCUT2D eigenvalue weighted by atomic mass is 127. The number of aryl methyl sites for hydroxylation is 1. The molecule has 0 radical (unpaired) electrons. The van der Waals surface area contributed by atoms with Crippen LogP contribution in [-0.2, 0) is 13.1 Å². The van der Waals surface area contributed by atoms with Crippen LogP contribution in [0.1, 0.15) is 12.0 Å². The maximum atomic E-state index is 5.75. The van der Waals surface area contributed by atoms with E-state index in [0.29, 0.717) is 11.7 Å². The van der Waals surface area contributed by atoms with Crippen LogP contribution in [0.2, 0.25) is 5.15 Å². The lowest BCUT2D eigenvalue weighted by atomic mass is 10.3. The average Bonchev–Trinajstić information content (AvgIpc) is 3.01. The van der Waals surface area contributed by atoms with Gasteiger partial charge in [0.25, 0.3) is 0 Å². The fraction of sp³-hybridized carbons (Fsp3) is 0.357. The molecule has 0 saturated carbocycles. The van der Waals surface area contributed by atoms with Crippen LogP contribution in [0.4, 0.5) is 0 Å². The molecule has 2 heterocycles. The van der Waals surface area contributed by atoms with Gasteiger partial charge in [-0.3, -0.25) is 9.67 Å². The molecule has 0 fully saturated rings. The van der Waals surface area contributed by atoms with Crippen molar-refractivity contribution in [2.75, 3.05) is 13.6 Å². The number of rotatable bonds is 6. The van der Waals surface area contributed by atoms with Crippen molar-refractivity contribution in [3.8, 4) is 0 Å². The summed E-state index contributed by atoms with van der Waals surface area (Å²) < 4.78 is 1.91. The van der Waals surface area contributed by atoms with Crippen LogP contribution >= 0.6 is 35.6 Å². The Hall–Kier alpha value is -1.35. The van der Waals surface area contributed by atoms with E-state index < -0.39 is 0 Å². The molecule has 2 aromatic rings. The molecule has 0 atom stereocenters. The predicted molar refractivity (Wildman–Crippen MR) is 99.7 cm³/mol. The third-order valence-electron chi connectivity index (χ3n) is 2.89. The van der Waals surface area contributed by atoms with Gasteiger partial charge in [-0.2, -0.15) is 5.10 Å². The van der Waals surface area contributed by atoms with Gasteiger partial charge in [-0.05, 0) is 24.1 Å². The van der Waals surface area contributed by atoms with Gasteiger partial charge in [-0.25, -0.2) is 4.98 Å². The van der Waals surface area contributed by atoms with Crippen molar-refractivity contribution in [3.05, 3.63) is 47.5 Å². The molecule has 0 aliphatic rings. The molecule has 0 saturated heterocycles. The first-order valence-electron chi connectivity index (χ1n) is 6.80. The zero-order chi connectivity index (χ0) is 14.9. The topological polar surface area (TPSA) is 67.1 Å². The zero-order valence-electron chi connectivity index (χ0n) is 12.4. The quantitative estimate of drug-likeness (QED) is 0.241. The van der Waals surface area contributed by atoms with Crippen LogP contribution in [0.25, 0.3) is 0 Å². The molecule has 0 spiro atoms. The maximum absolute atomic E-state index is 5.75. The minimum Gasteiger partial charge on any atom is -0.356 e. The van der Waals surface area contributed by atoms with Crippen molar-refractivity contribution in [1.82, 2.24) is 25.4 Å². The Balaban J connectivity index is 0.00000242. The summed E-state index contributed by atoms with van der Waals surface area (Å²) >= 11 is 5.75. The number of aliphatic imine (C=N–C) groups is 1. The van der Waals surface area contributed by atoms with Crippen LogP contribution in [0.3, 0.4) is 0 Å². The van der Waals surface area contributed by atoms with Gasteiger partial charge in [0.15, 0.2) is 5.96 Å². The molecule has 2 rings (SSSR count). The van der Waals surface area contributed by atoms with Gasteiger partial charge in [0.05, 0.1) is 0 Å². The maximum Gasteiger partial charge on any atom is 0.191 e. The first-order valence-corrected chi connectivity index (χ1v) is 7.18. The molecule has 0 bridgehead atoms. The minimum absolute atomic E-state index is 0. The smallest absolute Gasteiger partial charge is 0.191 e. The molecular weight excluding hydrogens is 415 g/mol. The van der Waals surface area contributed by atoms with Crippen molar-refractivity contribution >= 4 is 41.5 Å². The van der Waals surface area contributed by atoms with E-state index in [1.165, 1.54) is 0 Å². The lowest BCUT2D eigenvalue weighted by molar-refractivity contribution is 0.570. The van der Waals surface area contributed by atoms with E-state index in [1.807, 2.05) is 23.0 Å². The Bertz CT molecular complexity index is 555. The van der Waals surface area contributed by atoms with E-state index in [9.17, 15) is 0 Å². The molecule has 2 N–H and O–H groups in total. The van der Waals surface area contributed by atoms with Crippen molar-refractivity contribution in [3.63, 3.8) is 0 Å². The predicted octanol–water partition coefficient (Wildman–Crippen LogP) is 2.30. The number of aromatic nitrogens is 3. The fourth-order valence-corrected chi connectivity index (χ4v) is 1.91. The number of hydrogen-bond acceptors (Lipinski definition) is 3. The number of nitrogens with one attached hydrogen (secondary N) is 2. The van der Waals surface area contributed by atoms with Gasteiger partial charge < -0.3 is 10.6 Å². The van der Waals surface area contributed by atoms with Crippen LogP contribution in [-0.4, -0.2) is 34.3 Å². The highest BCUT2D eigenvalue weighted by molar-refractivity contribution is 14.0. The van der Waals surface area contributed by atoms with Crippen molar-refractivity contribution in [2.45, 2.75) is 19.5 Å². The van der Waals surface area contributed by atoms with E-state index in [2.05, 4.69) is 25.7 Å². The summed E-state index contributed by atoms with van der Waals surface area (Å²) in [7, 11) is 1.75. The number of nitrogens with zero attached hydrogens (tertiary/aromatic N) is 4. The molecule has 22 heavy (non-hydrogen) atoms. The van der Waals surface area contributed by atoms with Gasteiger partial charge in [0, 0.05) is 45.3 Å². The SMILES string of the molecule is CN=C(NCCCn1cccn1)NCc1ccc(Cl)nc1.I. The molecule has 0 unspecified atom stereocenters. The van der Waals surface area contributed by atoms with Crippen LogP contribution < -0.4 is 10.6 Å². The molecule has 0 aromatic carbocycles. The Kier molecular flexibility index (Phi) is 8.83. The molecular formula is C14H20ClIN6. The minimum atomic E-state index is 0. The van der Waals surface area contributed by atoms with Crippen LogP contribution in [0.15, 0.2) is 41.8 Å². The summed E-state index contributed by atoms with van der Waals surface area (Å²) in [5.74, 6) is 0.769. The fourth-order valence-electron chi connectivity index (χ4n) is 1.80. The third-order valence-corrected chi connectivity index (χ3v) is 3.11. The lowest BCUT2D eigenvalue weighted by Gasteiger charge is -2.11. The Morgan fingerprint density at radius 1 is 1.36 bits per heavy atom. The Morgan fingerprint density at radius 3 is 2.86 bits per heavy atom. The van der Waals surface area contributed by atoms with E-state index in [0.717, 1.165) is 31.0 Å². The number of halogens is 2. The van der Waals surface area contributed by atoms with Gasteiger partial charge in [-0.1, -0.05) is 17.7 Å². The second kappa shape index (κ2) is 10.4. The van der Waals surface area contributed by atoms with E-state index in [4.69, 9.17) is 11.6 Å². The van der Waals surface area contributed by atoms with E-state index in [-0.39, 0.29) is 24.0 Å². The monoisotopic (exact) mass is 434 g/mol. The molecule has 120 valence electrons. The molecule has 8 heteroatoms. The largest absolute Gasteiger partial charge is 0.356 e. The normalized spacial score (nSPS) is 10.9. The van der Waals surface area contributed by atoms with Crippen molar-refractivity contribution < 1.29 is 0 Å². The highest BCUT2D eigenvalue weighted by Crippen LogP contribution is 2.04. The van der Waals surface area contributed by atoms with Gasteiger partial charge in [0.1, 0.15) is 5.15 Å². The Labute approximate surface area is 152 Å². The zero-order valence-corrected chi connectivity index (χ0v) is 15.5. The first-order chi connectivity index (χ1) is 10.3. The number of hydrogen-bond donors (Lipinski definition) is 2. The van der Waals surface area contributed by atoms with Crippen molar-refractivity contribution in [1.29, 1.82) is 0 Å². The molecule has 0 aliphatic carbocycles. The molecule has 0 amide bonds. The third kappa shape index (κ3) is 6.61. The summed E-state index contributed by atoms with van der Waals surface area (Å²) in [6, 6.07) is 5.64. The Morgan fingerprint density at radius 2 is 2.23 bits per heavy atom. The lowest BCUT2D eigenvalue weighted by Crippen LogP contribution is -2.37. The van der Waals surface area contributed by atoms with Gasteiger partial charge in [0.2, 0.25) is 0 Å². The number of pyridine rings is 1. The highest BCUT2D eigenvalue weighted by Gasteiger charge is 1.99. The standard InChI is InChI=1S/C14H19ClN6.HI/c1-16-14(17-6-2-8-21-9-3-7-20-21)19-11-12-4-5-13(15)18-10-12;/h3-5,7,9-10H,2,6,8,11H2,1H3,(H2,16,17,19);1H. The second-order valence-electron chi connectivity index (χ2n) is 4.46. The summed E-state index contributed by atoms with van der Waals surface area (Å²) in [5.41, 5.74) is 1.05. The molecule has 2 aromatic heterocycles. The van der Waals surface area contributed by atoms with Crippen LogP contribution in [0.5, 0.6) is 0 Å². The molecule has 6 nitrogen and oxygen atoms in total. The van der Waals surface area contributed by atoms with Crippen molar-refractivity contribution in [2.24, 2.45) is 4.99 Å². The summed E-state index contributed by atoms with van der Waals surface area (Å²) in [6.07, 6.45) is 6.47. The molecule has 0 aliphatic heterocycles. The summed E-state index contributed by atoms with van der Waals surface area (Å²) in [5, 5.41) is 11.2. The second-order valence-corrected chi connectivity index (χ2v) is 4.85. The summed E-state index contributed by atoms with van der Waals surface area (Å²) in [4.78, 5) is 8.22.